The Morgan fingerprint density at radius 1 is 1.56 bits per heavy atom. The first-order valence-electron chi connectivity index (χ1n) is 5.13. The van der Waals surface area contributed by atoms with E-state index in [1.807, 2.05) is 6.07 Å². The van der Waals surface area contributed by atoms with Crippen LogP contribution in [0.2, 0.25) is 0 Å². The van der Waals surface area contributed by atoms with E-state index in [4.69, 9.17) is 5.73 Å². The summed E-state index contributed by atoms with van der Waals surface area (Å²) in [6, 6.07) is 1.90. The number of aromatic nitrogens is 1. The molecule has 0 bridgehead atoms. The number of nitrogen functional groups attached to an aromatic ring is 1. The predicted molar refractivity (Wildman–Crippen MR) is 67.3 cm³/mol. The maximum atomic E-state index is 11.3. The lowest BCUT2D eigenvalue weighted by molar-refractivity contribution is -0.128. The van der Waals surface area contributed by atoms with Gasteiger partial charge in [-0.15, -0.1) is 11.8 Å². The lowest BCUT2D eigenvalue weighted by atomic mass is 10.3. The van der Waals surface area contributed by atoms with E-state index in [0.717, 1.165) is 17.1 Å². The first-order chi connectivity index (χ1) is 7.61. The molecule has 5 heteroatoms. The van der Waals surface area contributed by atoms with E-state index in [1.54, 1.807) is 43.2 Å². The van der Waals surface area contributed by atoms with Gasteiger partial charge in [-0.3, -0.25) is 9.78 Å². The van der Waals surface area contributed by atoms with Crippen LogP contribution in [0.15, 0.2) is 23.4 Å². The van der Waals surface area contributed by atoms with Crippen molar-refractivity contribution in [3.63, 3.8) is 0 Å². The second kappa shape index (κ2) is 6.37. The van der Waals surface area contributed by atoms with Crippen LogP contribution in [0.3, 0.4) is 0 Å². The van der Waals surface area contributed by atoms with Gasteiger partial charge in [0.15, 0.2) is 0 Å². The molecular weight excluding hydrogens is 222 g/mol. The zero-order valence-electron chi connectivity index (χ0n) is 9.64. The molecule has 0 aliphatic heterocycles. The predicted octanol–water partition coefficient (Wildman–Crippen LogP) is 1.62. The summed E-state index contributed by atoms with van der Waals surface area (Å²) in [5.74, 6) is 1.07. The number of nitrogens with zero attached hydrogens (tertiary/aromatic N) is 2. The smallest absolute Gasteiger partial charge is 0.222 e. The van der Waals surface area contributed by atoms with Gasteiger partial charge in [-0.25, -0.2) is 0 Å². The van der Waals surface area contributed by atoms with Gasteiger partial charge in [-0.05, 0) is 18.2 Å². The Morgan fingerprint density at radius 3 is 2.94 bits per heavy atom. The zero-order chi connectivity index (χ0) is 12.0. The number of amides is 1. The van der Waals surface area contributed by atoms with Gasteiger partial charge in [0.25, 0.3) is 0 Å². The molecule has 4 nitrogen and oxygen atoms in total. The van der Waals surface area contributed by atoms with E-state index >= 15 is 0 Å². The number of hydrogen-bond acceptors (Lipinski definition) is 4. The highest BCUT2D eigenvalue weighted by atomic mass is 32.2. The quantitative estimate of drug-likeness (QED) is 0.626. The molecule has 0 saturated heterocycles. The molecule has 0 aliphatic rings. The third kappa shape index (κ3) is 4.10. The zero-order valence-corrected chi connectivity index (χ0v) is 10.5. The number of pyridine rings is 1. The van der Waals surface area contributed by atoms with Crippen LogP contribution < -0.4 is 5.73 Å². The third-order valence-electron chi connectivity index (χ3n) is 2.10. The van der Waals surface area contributed by atoms with Crippen molar-refractivity contribution >= 4 is 23.4 Å². The minimum absolute atomic E-state index is 0.170. The Kier molecular flexibility index (Phi) is 5.11. The highest BCUT2D eigenvalue weighted by Gasteiger charge is 2.04. The molecule has 2 N–H and O–H groups in total. The highest BCUT2D eigenvalue weighted by molar-refractivity contribution is 7.99. The molecule has 0 aromatic carbocycles. The second-order valence-corrected chi connectivity index (χ2v) is 4.79. The lowest BCUT2D eigenvalue weighted by Crippen LogP contribution is -2.21. The van der Waals surface area contributed by atoms with E-state index in [1.165, 1.54) is 0 Å². The van der Waals surface area contributed by atoms with E-state index in [9.17, 15) is 4.79 Å². The van der Waals surface area contributed by atoms with Gasteiger partial charge >= 0.3 is 0 Å². The third-order valence-corrected chi connectivity index (χ3v) is 3.28. The summed E-state index contributed by atoms with van der Waals surface area (Å²) in [5.41, 5.74) is 6.45. The van der Waals surface area contributed by atoms with Crippen molar-refractivity contribution in [3.8, 4) is 0 Å². The fourth-order valence-electron chi connectivity index (χ4n) is 1.15. The number of hydrogen-bond donors (Lipinski definition) is 1. The topological polar surface area (TPSA) is 59.2 Å². The van der Waals surface area contributed by atoms with Crippen molar-refractivity contribution in [3.05, 3.63) is 18.5 Å². The molecule has 1 rings (SSSR count). The van der Waals surface area contributed by atoms with Crippen LogP contribution in [0.4, 0.5) is 5.69 Å². The van der Waals surface area contributed by atoms with Crippen LogP contribution in [-0.2, 0) is 4.79 Å². The normalized spacial score (nSPS) is 10.1. The summed E-state index contributed by atoms with van der Waals surface area (Å²) in [4.78, 5) is 17.9. The van der Waals surface area contributed by atoms with Gasteiger partial charge in [0.1, 0.15) is 0 Å². The Balaban J connectivity index is 2.26. The summed E-state index contributed by atoms with van der Waals surface area (Å²) in [6.45, 7) is 0. The Morgan fingerprint density at radius 2 is 2.31 bits per heavy atom. The maximum Gasteiger partial charge on any atom is 0.222 e. The van der Waals surface area contributed by atoms with Gasteiger partial charge in [0.05, 0.1) is 11.9 Å². The summed E-state index contributed by atoms with van der Waals surface area (Å²) < 4.78 is 0. The number of rotatable bonds is 5. The van der Waals surface area contributed by atoms with Crippen LogP contribution in [0, 0.1) is 0 Å². The van der Waals surface area contributed by atoms with Crippen LogP contribution in [0.1, 0.15) is 12.8 Å². The van der Waals surface area contributed by atoms with Crippen molar-refractivity contribution in [1.82, 2.24) is 9.88 Å². The minimum atomic E-state index is 0.170. The van der Waals surface area contributed by atoms with Crippen LogP contribution in [0.25, 0.3) is 0 Å². The van der Waals surface area contributed by atoms with Crippen molar-refractivity contribution in [1.29, 1.82) is 0 Å². The molecule has 0 radical (unpaired) electrons. The van der Waals surface area contributed by atoms with Gasteiger partial charge in [0.2, 0.25) is 5.91 Å². The van der Waals surface area contributed by atoms with E-state index in [2.05, 4.69) is 4.98 Å². The number of thioether (sulfide) groups is 1. The van der Waals surface area contributed by atoms with E-state index in [0.29, 0.717) is 12.1 Å². The monoisotopic (exact) mass is 239 g/mol. The number of anilines is 1. The maximum absolute atomic E-state index is 11.3. The first kappa shape index (κ1) is 12.8. The summed E-state index contributed by atoms with van der Waals surface area (Å²) in [5, 5.41) is 0. The molecule has 16 heavy (non-hydrogen) atoms. The average Bonchev–Trinajstić information content (AvgIpc) is 2.26. The molecule has 0 fully saturated rings. The van der Waals surface area contributed by atoms with Crippen molar-refractivity contribution < 1.29 is 4.79 Å². The van der Waals surface area contributed by atoms with E-state index in [-0.39, 0.29) is 5.91 Å². The van der Waals surface area contributed by atoms with Crippen molar-refractivity contribution in [2.75, 3.05) is 25.6 Å². The van der Waals surface area contributed by atoms with Gasteiger partial charge < -0.3 is 10.6 Å². The Hall–Kier alpha value is -1.23. The molecule has 88 valence electrons. The standard InChI is InChI=1S/C11H17N3OS/c1-14(2)11(15)4-3-7-16-10-5-6-13-8-9(10)12/h5-6,8H,3-4,7,12H2,1-2H3. The Labute approximate surface area is 100 Å². The molecule has 0 atom stereocenters. The molecule has 0 unspecified atom stereocenters. The fourth-order valence-corrected chi connectivity index (χ4v) is 2.04. The molecule has 1 aromatic rings. The molecule has 0 aliphatic carbocycles. The van der Waals surface area contributed by atoms with E-state index < -0.39 is 0 Å². The molecule has 1 amide bonds. The van der Waals surface area contributed by atoms with Crippen LogP contribution in [0.5, 0.6) is 0 Å². The number of carbonyl (C=O) groups excluding carboxylic acids is 1. The largest absolute Gasteiger partial charge is 0.397 e. The lowest BCUT2D eigenvalue weighted by Gasteiger charge is -2.09. The van der Waals surface area contributed by atoms with Crippen LogP contribution in [-0.4, -0.2) is 35.6 Å². The van der Waals surface area contributed by atoms with Crippen molar-refractivity contribution in [2.45, 2.75) is 17.7 Å². The number of carbonyl (C=O) groups is 1. The summed E-state index contributed by atoms with van der Waals surface area (Å²) >= 11 is 1.67. The molecule has 1 aromatic heterocycles. The van der Waals surface area contributed by atoms with Gasteiger partial charge in [-0.1, -0.05) is 0 Å². The number of nitrogens with two attached hydrogens (primary N) is 1. The molecule has 0 spiro atoms. The second-order valence-electron chi connectivity index (χ2n) is 3.65. The fraction of sp³-hybridized carbons (Fsp3) is 0.455. The van der Waals surface area contributed by atoms with Gasteiger partial charge in [0, 0.05) is 31.6 Å². The molecule has 1 heterocycles. The summed E-state index contributed by atoms with van der Waals surface area (Å²) in [6.07, 6.45) is 4.82. The minimum Gasteiger partial charge on any atom is -0.397 e. The first-order valence-corrected chi connectivity index (χ1v) is 6.12. The Bertz CT molecular complexity index is 355. The highest BCUT2D eigenvalue weighted by Crippen LogP contribution is 2.24. The summed E-state index contributed by atoms with van der Waals surface area (Å²) in [7, 11) is 3.55. The van der Waals surface area contributed by atoms with Crippen LogP contribution >= 0.6 is 11.8 Å². The average molecular weight is 239 g/mol. The SMILES string of the molecule is CN(C)C(=O)CCCSc1ccncc1N. The van der Waals surface area contributed by atoms with Crippen molar-refractivity contribution in [2.24, 2.45) is 0 Å². The van der Waals surface area contributed by atoms with Gasteiger partial charge in [-0.2, -0.15) is 0 Å². The molecular formula is C11H17N3OS. The molecule has 0 saturated carbocycles.